The maximum Gasteiger partial charge on any atom is 0.407 e. The van der Waals surface area contributed by atoms with Gasteiger partial charge in [-0.1, -0.05) is 23.2 Å². The first-order valence-electron chi connectivity index (χ1n) is 14.5. The fraction of sp³-hybridized carbons (Fsp3) is 0.643. The number of piperidine rings is 1. The Bertz CT molecular complexity index is 1260. The fourth-order valence-electron chi connectivity index (χ4n) is 5.28. The van der Waals surface area contributed by atoms with Gasteiger partial charge < -0.3 is 29.7 Å². The molecule has 1 aromatic rings. The number of sulfonamides is 1. The van der Waals surface area contributed by atoms with E-state index in [-0.39, 0.29) is 53.3 Å². The highest BCUT2D eigenvalue weighted by Gasteiger charge is 2.41. The number of carbonyl (C=O) groups is 4. The van der Waals surface area contributed by atoms with Gasteiger partial charge in [-0.05, 0) is 62.6 Å². The molecule has 0 aliphatic carbocycles. The van der Waals surface area contributed by atoms with Gasteiger partial charge >= 0.3 is 12.1 Å². The molecule has 16 heteroatoms. The Kier molecular flexibility index (Phi) is 14.0. The average molecular weight is 680 g/mol. The third-order valence-corrected chi connectivity index (χ3v) is 10.0. The van der Waals surface area contributed by atoms with Crippen LogP contribution < -0.4 is 10.6 Å². The van der Waals surface area contributed by atoms with Crippen molar-refractivity contribution in [3.05, 3.63) is 28.2 Å². The molecule has 44 heavy (non-hydrogen) atoms. The predicted octanol–water partition coefficient (Wildman–Crippen LogP) is 2.59. The molecule has 2 atom stereocenters. The van der Waals surface area contributed by atoms with Crippen LogP contribution in [0.3, 0.4) is 0 Å². The second kappa shape index (κ2) is 17.2. The van der Waals surface area contributed by atoms with Crippen molar-refractivity contribution in [1.82, 2.24) is 19.8 Å². The van der Waals surface area contributed by atoms with E-state index >= 15 is 0 Å². The normalized spacial score (nSPS) is 18.5. The quantitative estimate of drug-likeness (QED) is 0.223. The number of nitrogens with one attached hydrogen (secondary N) is 2. The van der Waals surface area contributed by atoms with Crippen LogP contribution in [-0.2, 0) is 38.6 Å². The van der Waals surface area contributed by atoms with Gasteiger partial charge in [0.1, 0.15) is 12.1 Å². The number of esters is 1. The third kappa shape index (κ3) is 10.2. The third-order valence-electron chi connectivity index (χ3n) is 7.70. The molecule has 0 radical (unpaired) electrons. The molecule has 3 amide bonds. The average Bonchev–Trinajstić information content (AvgIpc) is 3.50. The maximum absolute atomic E-state index is 13.3. The summed E-state index contributed by atoms with van der Waals surface area (Å²) in [6.07, 6.45) is 2.38. The van der Waals surface area contributed by atoms with Crippen LogP contribution in [0.4, 0.5) is 4.79 Å². The van der Waals surface area contributed by atoms with E-state index in [1.165, 1.54) is 25.3 Å². The van der Waals surface area contributed by atoms with E-state index in [2.05, 4.69) is 10.6 Å². The minimum atomic E-state index is -4.11. The fourth-order valence-corrected chi connectivity index (χ4v) is 7.67. The molecule has 0 aromatic heterocycles. The van der Waals surface area contributed by atoms with Crippen molar-refractivity contribution in [2.45, 2.75) is 61.9 Å². The van der Waals surface area contributed by atoms with Gasteiger partial charge in [-0.3, -0.25) is 9.59 Å². The van der Waals surface area contributed by atoms with Gasteiger partial charge in [0.05, 0.1) is 25.2 Å². The molecule has 2 heterocycles. The molecular weight excluding hydrogens is 639 g/mol. The first kappa shape index (κ1) is 35.8. The second-order valence-corrected chi connectivity index (χ2v) is 13.4. The molecule has 13 nitrogen and oxygen atoms in total. The number of methoxy groups -OCH3 is 2. The van der Waals surface area contributed by atoms with Gasteiger partial charge in [-0.25, -0.2) is 18.0 Å². The summed E-state index contributed by atoms with van der Waals surface area (Å²) in [5, 5.41) is 5.48. The lowest BCUT2D eigenvalue weighted by Gasteiger charge is -2.32. The smallest absolute Gasteiger partial charge is 0.407 e. The van der Waals surface area contributed by atoms with Gasteiger partial charge in [0, 0.05) is 49.8 Å². The number of nitrogens with zero attached hydrogens (tertiary/aromatic N) is 2. The monoisotopic (exact) mass is 678 g/mol. The lowest BCUT2D eigenvalue weighted by Crippen LogP contribution is -2.51. The molecule has 2 N–H and O–H groups in total. The molecule has 246 valence electrons. The van der Waals surface area contributed by atoms with Gasteiger partial charge in [0.25, 0.3) is 0 Å². The van der Waals surface area contributed by atoms with E-state index in [1.54, 1.807) is 12.0 Å². The van der Waals surface area contributed by atoms with E-state index in [1.807, 2.05) is 0 Å². The number of rotatable bonds is 14. The Morgan fingerprint density at radius 2 is 1.68 bits per heavy atom. The zero-order chi connectivity index (χ0) is 32.3. The summed E-state index contributed by atoms with van der Waals surface area (Å²) in [4.78, 5) is 52.0. The van der Waals surface area contributed by atoms with Crippen molar-refractivity contribution in [2.75, 3.05) is 53.6 Å². The molecule has 0 spiro atoms. The van der Waals surface area contributed by atoms with Crippen molar-refractivity contribution >= 4 is 57.1 Å². The van der Waals surface area contributed by atoms with Crippen LogP contribution in [0.25, 0.3) is 0 Å². The van der Waals surface area contributed by atoms with Crippen LogP contribution in [0.2, 0.25) is 10.0 Å². The van der Waals surface area contributed by atoms with Crippen LogP contribution in [0, 0.1) is 5.92 Å². The van der Waals surface area contributed by atoms with Gasteiger partial charge in [-0.15, -0.1) is 0 Å². The summed E-state index contributed by atoms with van der Waals surface area (Å²) in [7, 11) is -1.38. The van der Waals surface area contributed by atoms with Crippen LogP contribution in [0.1, 0.15) is 44.9 Å². The van der Waals surface area contributed by atoms with E-state index in [9.17, 15) is 27.6 Å². The largest absolute Gasteiger partial charge is 0.467 e. The minimum absolute atomic E-state index is 0.00737. The standard InChI is InChI=1S/C28H40Cl2N4O9S/c1-41-15-10-31-28(38)43-14-9-19-7-12-33(13-8-19)25(35)6-5-23(27(37)42-2)32-26(36)24-4-3-11-34(24)44(39,40)22-17-20(29)16-21(30)18-22/h16-19,23-24H,3-15H2,1-2H3,(H,31,38)(H,32,36)/t23-,24-/m0/s1. The number of alkyl carbamates (subject to hydrolysis) is 1. The molecule has 0 bridgehead atoms. The Balaban J connectivity index is 1.50. The highest BCUT2D eigenvalue weighted by Crippen LogP contribution is 2.30. The molecule has 2 fully saturated rings. The summed E-state index contributed by atoms with van der Waals surface area (Å²) in [5.41, 5.74) is 0. The second-order valence-electron chi connectivity index (χ2n) is 10.7. The van der Waals surface area contributed by atoms with Crippen molar-refractivity contribution in [2.24, 2.45) is 5.92 Å². The lowest BCUT2D eigenvalue weighted by atomic mass is 9.93. The molecule has 2 aliphatic heterocycles. The SMILES string of the molecule is COCCNC(=O)OCCC1CCN(C(=O)CC[C@H](NC(=O)[C@@H]2CCCN2S(=O)(=O)c2cc(Cl)cc(Cl)c2)C(=O)OC)CC1. The zero-order valence-electron chi connectivity index (χ0n) is 24.9. The molecule has 0 saturated carbocycles. The first-order chi connectivity index (χ1) is 21.0. The zero-order valence-corrected chi connectivity index (χ0v) is 27.2. The minimum Gasteiger partial charge on any atom is -0.467 e. The van der Waals surface area contributed by atoms with E-state index in [0.29, 0.717) is 45.0 Å². The number of carbonyl (C=O) groups excluding carboxylic acids is 4. The Labute approximate surface area is 267 Å². The molecule has 2 aliphatic rings. The molecule has 2 saturated heterocycles. The number of halogens is 2. The predicted molar refractivity (Wildman–Crippen MR) is 162 cm³/mol. The van der Waals surface area contributed by atoms with E-state index < -0.39 is 40.1 Å². The molecular formula is C28H40Cl2N4O9S. The Morgan fingerprint density at radius 1 is 1.00 bits per heavy atom. The van der Waals surface area contributed by atoms with Crippen molar-refractivity contribution in [3.8, 4) is 0 Å². The topological polar surface area (TPSA) is 161 Å². The van der Waals surface area contributed by atoms with E-state index in [0.717, 1.165) is 17.1 Å². The molecule has 0 unspecified atom stereocenters. The summed E-state index contributed by atoms with van der Waals surface area (Å²) in [6, 6.07) is 1.75. The highest BCUT2D eigenvalue weighted by atomic mass is 35.5. The Hall–Kier alpha value is -2.65. The van der Waals surface area contributed by atoms with Crippen LogP contribution in [-0.4, -0.2) is 107 Å². The Morgan fingerprint density at radius 3 is 2.32 bits per heavy atom. The van der Waals surface area contributed by atoms with Gasteiger partial charge in [0.2, 0.25) is 21.8 Å². The maximum atomic E-state index is 13.3. The van der Waals surface area contributed by atoms with Crippen molar-refractivity contribution in [1.29, 1.82) is 0 Å². The number of likely N-dealkylation sites (tertiary alicyclic amines) is 1. The number of hydrogen-bond acceptors (Lipinski definition) is 9. The first-order valence-corrected chi connectivity index (χ1v) is 16.7. The van der Waals surface area contributed by atoms with Gasteiger partial charge in [-0.2, -0.15) is 4.31 Å². The van der Waals surface area contributed by atoms with Crippen LogP contribution in [0.5, 0.6) is 0 Å². The van der Waals surface area contributed by atoms with Crippen LogP contribution >= 0.6 is 23.2 Å². The van der Waals surface area contributed by atoms with Crippen molar-refractivity contribution < 1.29 is 41.8 Å². The van der Waals surface area contributed by atoms with Crippen molar-refractivity contribution in [3.63, 3.8) is 0 Å². The number of ether oxygens (including phenoxy) is 3. The summed E-state index contributed by atoms with van der Waals surface area (Å²) < 4.78 is 42.7. The highest BCUT2D eigenvalue weighted by molar-refractivity contribution is 7.89. The summed E-state index contributed by atoms with van der Waals surface area (Å²) >= 11 is 12.0. The summed E-state index contributed by atoms with van der Waals surface area (Å²) in [6.45, 7) is 2.22. The van der Waals surface area contributed by atoms with Gasteiger partial charge in [0.15, 0.2) is 0 Å². The van der Waals surface area contributed by atoms with Crippen LogP contribution in [0.15, 0.2) is 23.1 Å². The number of hydrogen-bond donors (Lipinski definition) is 2. The molecule has 1 aromatic carbocycles. The van der Waals surface area contributed by atoms with E-state index in [4.69, 9.17) is 37.4 Å². The number of amides is 3. The lowest BCUT2D eigenvalue weighted by molar-refractivity contribution is -0.146. The summed E-state index contributed by atoms with van der Waals surface area (Å²) in [5.74, 6) is -1.24. The molecule has 3 rings (SSSR count). The number of benzene rings is 1.